The molecule has 4 heteroatoms. The molecular weight excluding hydrogens is 156 g/mol. The Kier molecular flexibility index (Phi) is 2.17. The van der Waals surface area contributed by atoms with Crippen LogP contribution in [0.15, 0.2) is 0 Å². The van der Waals surface area contributed by atoms with E-state index in [0.29, 0.717) is 32.3 Å². The van der Waals surface area contributed by atoms with Gasteiger partial charge in [0.25, 0.3) is 0 Å². The van der Waals surface area contributed by atoms with Gasteiger partial charge in [-0.25, -0.2) is 10.1 Å². The Morgan fingerprint density at radius 3 is 2.58 bits per heavy atom. The fourth-order valence-electron chi connectivity index (χ4n) is 1.20. The van der Waals surface area contributed by atoms with E-state index < -0.39 is 0 Å². The van der Waals surface area contributed by atoms with Crippen LogP contribution in [0.25, 0.3) is 0 Å². The van der Waals surface area contributed by atoms with Crippen molar-refractivity contribution in [2.75, 3.05) is 26.3 Å². The van der Waals surface area contributed by atoms with Gasteiger partial charge in [-0.15, -0.1) is 0 Å². The van der Waals surface area contributed by atoms with Crippen LogP contribution >= 0.6 is 0 Å². The predicted octanol–water partition coefficient (Wildman–Crippen LogP) is 0.205. The quantitative estimate of drug-likeness (QED) is 0.563. The Morgan fingerprint density at radius 1 is 1.33 bits per heavy atom. The van der Waals surface area contributed by atoms with Crippen LogP contribution in [0.2, 0.25) is 0 Å². The highest BCUT2D eigenvalue weighted by Crippen LogP contribution is 2.20. The molecule has 1 radical (unpaired) electrons. The summed E-state index contributed by atoms with van der Waals surface area (Å²) < 4.78 is 5.13. The molecule has 0 unspecified atom stereocenters. The Balaban J connectivity index is 1.76. The third-order valence-corrected chi connectivity index (χ3v) is 2.12. The number of carbonyl (C=O) groups excluding carboxylic acids is 1. The molecule has 2 rings (SSSR count). The van der Waals surface area contributed by atoms with E-state index in [1.54, 1.807) is 4.90 Å². The molecule has 0 aromatic carbocycles. The third-order valence-electron chi connectivity index (χ3n) is 2.12. The summed E-state index contributed by atoms with van der Waals surface area (Å²) in [6, 6.07) is 0.293. The van der Waals surface area contributed by atoms with Crippen molar-refractivity contribution >= 4 is 6.03 Å². The molecule has 1 saturated carbocycles. The summed E-state index contributed by atoms with van der Waals surface area (Å²) in [5, 5.41) is 4.04. The molecular formula is C8H13N2O2. The number of urea groups is 1. The van der Waals surface area contributed by atoms with Gasteiger partial charge in [0.2, 0.25) is 0 Å². The normalized spacial score (nSPS) is 23.8. The van der Waals surface area contributed by atoms with Crippen LogP contribution in [0.3, 0.4) is 0 Å². The summed E-state index contributed by atoms with van der Waals surface area (Å²) in [7, 11) is 0. The molecule has 0 spiro atoms. The van der Waals surface area contributed by atoms with Crippen LogP contribution in [0.1, 0.15) is 12.8 Å². The Labute approximate surface area is 71.9 Å². The van der Waals surface area contributed by atoms with Gasteiger partial charge in [0, 0.05) is 13.1 Å². The monoisotopic (exact) mass is 169 g/mol. The van der Waals surface area contributed by atoms with E-state index in [2.05, 4.69) is 5.32 Å². The van der Waals surface area contributed by atoms with Gasteiger partial charge in [-0.05, 0) is 12.8 Å². The lowest BCUT2D eigenvalue weighted by molar-refractivity contribution is 0.0529. The first-order valence-electron chi connectivity index (χ1n) is 4.44. The minimum atomic E-state index is -0.0409. The molecule has 4 nitrogen and oxygen atoms in total. The first-order valence-corrected chi connectivity index (χ1v) is 4.44. The molecule has 1 heterocycles. The highest BCUT2D eigenvalue weighted by atomic mass is 16.5. The first-order chi connectivity index (χ1) is 5.86. The van der Waals surface area contributed by atoms with Crippen LogP contribution < -0.4 is 5.32 Å². The average Bonchev–Trinajstić information content (AvgIpc) is 2.90. The number of amides is 2. The first kappa shape index (κ1) is 7.86. The van der Waals surface area contributed by atoms with E-state index in [1.807, 2.05) is 0 Å². The van der Waals surface area contributed by atoms with Crippen molar-refractivity contribution in [1.29, 1.82) is 0 Å². The van der Waals surface area contributed by atoms with Crippen LogP contribution in [0.4, 0.5) is 4.79 Å². The van der Waals surface area contributed by atoms with E-state index in [1.165, 1.54) is 0 Å². The zero-order chi connectivity index (χ0) is 8.39. The molecule has 2 aliphatic rings. The van der Waals surface area contributed by atoms with Crippen molar-refractivity contribution in [2.45, 2.75) is 18.9 Å². The predicted molar refractivity (Wildman–Crippen MR) is 42.9 cm³/mol. The van der Waals surface area contributed by atoms with Gasteiger partial charge >= 0.3 is 6.03 Å². The lowest BCUT2D eigenvalue weighted by Gasteiger charge is -2.25. The molecule has 0 aromatic rings. The van der Waals surface area contributed by atoms with Crippen molar-refractivity contribution in [2.24, 2.45) is 0 Å². The summed E-state index contributed by atoms with van der Waals surface area (Å²) in [4.78, 5) is 13.1. The van der Waals surface area contributed by atoms with Gasteiger partial charge in [0.15, 0.2) is 0 Å². The molecule has 2 fully saturated rings. The van der Waals surface area contributed by atoms with Crippen LogP contribution in [-0.4, -0.2) is 43.3 Å². The van der Waals surface area contributed by atoms with E-state index in [-0.39, 0.29) is 6.03 Å². The second-order valence-corrected chi connectivity index (χ2v) is 3.24. The number of rotatable bonds is 1. The summed E-state index contributed by atoms with van der Waals surface area (Å²) in [5.41, 5.74) is 0. The maximum atomic E-state index is 11.4. The summed E-state index contributed by atoms with van der Waals surface area (Å²) >= 11 is 0. The van der Waals surface area contributed by atoms with Gasteiger partial charge in [-0.1, -0.05) is 0 Å². The third kappa shape index (κ3) is 1.88. The number of hydrogen-bond donors (Lipinski definition) is 0. The molecule has 0 aromatic heterocycles. The molecule has 67 valence electrons. The second kappa shape index (κ2) is 3.31. The Morgan fingerprint density at radius 2 is 2.00 bits per heavy atom. The SMILES string of the molecule is O=C([N]C1CC1)N1CCOCC1. The molecule has 0 bridgehead atoms. The van der Waals surface area contributed by atoms with Crippen LogP contribution in [0.5, 0.6) is 0 Å². The van der Waals surface area contributed by atoms with Gasteiger partial charge in [0.1, 0.15) is 0 Å². The zero-order valence-electron chi connectivity index (χ0n) is 7.03. The average molecular weight is 169 g/mol. The van der Waals surface area contributed by atoms with Gasteiger partial charge in [-0.2, -0.15) is 0 Å². The molecule has 1 aliphatic heterocycles. The molecule has 12 heavy (non-hydrogen) atoms. The lowest BCUT2D eigenvalue weighted by Crippen LogP contribution is -2.44. The fourth-order valence-corrected chi connectivity index (χ4v) is 1.20. The number of ether oxygens (including phenoxy) is 1. The van der Waals surface area contributed by atoms with Gasteiger partial charge in [-0.3, -0.25) is 0 Å². The van der Waals surface area contributed by atoms with Crippen molar-refractivity contribution in [3.8, 4) is 0 Å². The summed E-state index contributed by atoms with van der Waals surface area (Å²) in [5.74, 6) is 0. The standard InChI is InChI=1S/C8H13N2O2/c11-8(9-7-1-2-7)10-3-5-12-6-4-10/h7H,1-6H2. The van der Waals surface area contributed by atoms with Crippen molar-refractivity contribution in [3.05, 3.63) is 0 Å². The van der Waals surface area contributed by atoms with E-state index in [4.69, 9.17) is 4.74 Å². The van der Waals surface area contributed by atoms with Crippen molar-refractivity contribution in [1.82, 2.24) is 10.2 Å². The van der Waals surface area contributed by atoms with E-state index >= 15 is 0 Å². The maximum absolute atomic E-state index is 11.4. The van der Waals surface area contributed by atoms with Crippen LogP contribution in [0, 0.1) is 0 Å². The minimum Gasteiger partial charge on any atom is -0.378 e. The fraction of sp³-hybridized carbons (Fsp3) is 0.875. The van der Waals surface area contributed by atoms with Crippen molar-refractivity contribution in [3.63, 3.8) is 0 Å². The number of morpholine rings is 1. The summed E-state index contributed by atoms with van der Waals surface area (Å²) in [6.07, 6.45) is 2.19. The van der Waals surface area contributed by atoms with Gasteiger partial charge < -0.3 is 9.64 Å². The Hall–Kier alpha value is -0.770. The largest absolute Gasteiger partial charge is 0.378 e. The van der Waals surface area contributed by atoms with Gasteiger partial charge in [0.05, 0.1) is 19.3 Å². The lowest BCUT2D eigenvalue weighted by atomic mass is 10.4. The van der Waals surface area contributed by atoms with E-state index in [9.17, 15) is 4.79 Å². The second-order valence-electron chi connectivity index (χ2n) is 3.24. The van der Waals surface area contributed by atoms with Crippen LogP contribution in [-0.2, 0) is 4.74 Å². The molecule has 0 atom stereocenters. The zero-order valence-corrected chi connectivity index (χ0v) is 7.03. The van der Waals surface area contributed by atoms with Crippen molar-refractivity contribution < 1.29 is 9.53 Å². The smallest absolute Gasteiger partial charge is 0.339 e. The molecule has 1 aliphatic carbocycles. The van der Waals surface area contributed by atoms with E-state index in [0.717, 1.165) is 12.8 Å². The topological polar surface area (TPSA) is 43.6 Å². The Bertz CT molecular complexity index is 174. The molecule has 1 saturated heterocycles. The number of carbonyl (C=O) groups is 1. The molecule has 0 N–H and O–H groups in total. The molecule has 2 amide bonds. The highest BCUT2D eigenvalue weighted by molar-refractivity contribution is 5.74. The summed E-state index contributed by atoms with van der Waals surface area (Å²) in [6.45, 7) is 2.72. The minimum absolute atomic E-state index is 0.0409. The number of hydrogen-bond acceptors (Lipinski definition) is 2. The maximum Gasteiger partial charge on any atom is 0.339 e. The highest BCUT2D eigenvalue weighted by Gasteiger charge is 2.28. The number of nitrogens with zero attached hydrogens (tertiary/aromatic N) is 2.